The maximum atomic E-state index is 12.6. The zero-order valence-electron chi connectivity index (χ0n) is 14.1. The van der Waals surface area contributed by atoms with Crippen molar-refractivity contribution in [3.8, 4) is 0 Å². The molecule has 0 aliphatic heterocycles. The smallest absolute Gasteiger partial charge is 0.322 e. The Kier molecular flexibility index (Phi) is 7.56. The first-order valence-electron chi connectivity index (χ1n) is 7.43. The molecular weight excluding hydrogens is 489 g/mol. The normalized spacial score (nSPS) is 12.7. The Hall–Kier alpha value is -1.67. The molecule has 0 unspecified atom stereocenters. The average molecular weight is 497 g/mol. The summed E-state index contributed by atoms with van der Waals surface area (Å²) in [5.41, 5.74) is -14.8. The fourth-order valence-corrected chi connectivity index (χ4v) is 4.01. The minimum atomic E-state index is -4.81. The lowest BCUT2D eigenvalue weighted by atomic mass is 10.2. The Balaban J connectivity index is 2.30. The Bertz CT molecular complexity index is 876. The van der Waals surface area contributed by atoms with Gasteiger partial charge in [-0.25, -0.2) is 0 Å². The summed E-state index contributed by atoms with van der Waals surface area (Å²) in [5.74, 6) is -1.09. The standard InChI is InChI=1S/C16H8F9NOS3/c17-14(18,19)28-10-3-1-2-9(6-10)26-13(27)8-4-11(29-15(20,21)22)7-12(5-8)30-16(23,24)25/h1-7H,(H,26,27). The van der Waals surface area contributed by atoms with Gasteiger partial charge in [0.25, 0.3) is 5.91 Å². The summed E-state index contributed by atoms with van der Waals surface area (Å²) in [7, 11) is 0. The minimum absolute atomic E-state index is 0.117. The van der Waals surface area contributed by atoms with Crippen molar-refractivity contribution in [2.75, 3.05) is 5.32 Å². The number of halogens is 9. The van der Waals surface area contributed by atoms with Gasteiger partial charge in [-0.05, 0) is 71.7 Å². The van der Waals surface area contributed by atoms with Crippen molar-refractivity contribution < 1.29 is 44.3 Å². The van der Waals surface area contributed by atoms with Gasteiger partial charge in [-0.2, -0.15) is 39.5 Å². The predicted molar refractivity (Wildman–Crippen MR) is 96.6 cm³/mol. The second-order valence-corrected chi connectivity index (χ2v) is 8.73. The summed E-state index contributed by atoms with van der Waals surface area (Å²) in [6.45, 7) is 0. The van der Waals surface area contributed by atoms with Crippen LogP contribution in [-0.4, -0.2) is 22.4 Å². The van der Waals surface area contributed by atoms with Crippen LogP contribution in [0.5, 0.6) is 0 Å². The number of alkyl halides is 9. The van der Waals surface area contributed by atoms with Crippen molar-refractivity contribution in [2.24, 2.45) is 0 Å². The van der Waals surface area contributed by atoms with E-state index >= 15 is 0 Å². The van der Waals surface area contributed by atoms with Gasteiger partial charge in [0.05, 0.1) is 0 Å². The summed E-state index contributed by atoms with van der Waals surface area (Å²) < 4.78 is 113. The van der Waals surface area contributed by atoms with Crippen LogP contribution in [0.2, 0.25) is 0 Å². The molecular formula is C16H8F9NOS3. The van der Waals surface area contributed by atoms with Gasteiger partial charge < -0.3 is 5.32 Å². The number of amides is 1. The first kappa shape index (κ1) is 24.6. The number of rotatable bonds is 5. The lowest BCUT2D eigenvalue weighted by Crippen LogP contribution is -2.13. The van der Waals surface area contributed by atoms with Crippen LogP contribution in [0.3, 0.4) is 0 Å². The first-order valence-corrected chi connectivity index (χ1v) is 9.88. The second kappa shape index (κ2) is 9.22. The third kappa shape index (κ3) is 9.00. The van der Waals surface area contributed by atoms with E-state index in [-0.39, 0.29) is 10.6 Å². The molecule has 2 nitrogen and oxygen atoms in total. The van der Waals surface area contributed by atoms with E-state index in [4.69, 9.17) is 0 Å². The molecule has 0 radical (unpaired) electrons. The van der Waals surface area contributed by atoms with Gasteiger partial charge in [0.15, 0.2) is 0 Å². The number of carbonyl (C=O) groups excluding carboxylic acids is 1. The third-order valence-electron chi connectivity index (χ3n) is 2.93. The van der Waals surface area contributed by atoms with E-state index in [0.29, 0.717) is 6.07 Å². The lowest BCUT2D eigenvalue weighted by Gasteiger charge is -2.13. The lowest BCUT2D eigenvalue weighted by molar-refractivity contribution is -0.0337. The highest BCUT2D eigenvalue weighted by Gasteiger charge is 2.33. The predicted octanol–water partition coefficient (Wildman–Crippen LogP) is 7.77. The molecule has 0 aliphatic carbocycles. The summed E-state index contributed by atoms with van der Waals surface area (Å²) >= 11 is -1.86. The van der Waals surface area contributed by atoms with Crippen LogP contribution in [0.25, 0.3) is 0 Å². The van der Waals surface area contributed by atoms with Crippen LogP contribution in [0.1, 0.15) is 10.4 Å². The zero-order valence-corrected chi connectivity index (χ0v) is 16.5. The molecule has 0 aliphatic rings. The monoisotopic (exact) mass is 497 g/mol. The molecule has 14 heteroatoms. The van der Waals surface area contributed by atoms with Crippen molar-refractivity contribution >= 4 is 46.9 Å². The van der Waals surface area contributed by atoms with Crippen molar-refractivity contribution in [3.63, 3.8) is 0 Å². The van der Waals surface area contributed by atoms with Gasteiger partial charge in [-0.15, -0.1) is 0 Å². The summed E-state index contributed by atoms with van der Waals surface area (Å²) in [6.07, 6.45) is 0. The number of thioether (sulfide) groups is 3. The second-order valence-electron chi connectivity index (χ2n) is 5.32. The average Bonchev–Trinajstić information content (AvgIpc) is 2.49. The van der Waals surface area contributed by atoms with Gasteiger partial charge in [-0.1, -0.05) is 6.07 Å². The highest BCUT2D eigenvalue weighted by Crippen LogP contribution is 2.42. The van der Waals surface area contributed by atoms with Gasteiger partial charge in [0, 0.05) is 25.9 Å². The van der Waals surface area contributed by atoms with Crippen LogP contribution >= 0.6 is 35.3 Å². The van der Waals surface area contributed by atoms with Crippen molar-refractivity contribution in [1.29, 1.82) is 0 Å². The molecule has 0 heterocycles. The van der Waals surface area contributed by atoms with Crippen LogP contribution in [0.15, 0.2) is 57.2 Å². The molecule has 0 saturated heterocycles. The molecule has 0 fully saturated rings. The molecule has 2 aromatic carbocycles. The van der Waals surface area contributed by atoms with Gasteiger partial charge in [-0.3, -0.25) is 4.79 Å². The largest absolute Gasteiger partial charge is 0.446 e. The highest BCUT2D eigenvalue weighted by atomic mass is 32.2. The minimum Gasteiger partial charge on any atom is -0.322 e. The number of benzene rings is 2. The van der Waals surface area contributed by atoms with E-state index in [9.17, 15) is 44.3 Å². The van der Waals surface area contributed by atoms with E-state index in [1.54, 1.807) is 0 Å². The van der Waals surface area contributed by atoms with Crippen molar-refractivity contribution in [2.45, 2.75) is 31.2 Å². The number of anilines is 1. The Morgan fingerprint density at radius 3 is 1.60 bits per heavy atom. The Morgan fingerprint density at radius 2 is 1.13 bits per heavy atom. The van der Waals surface area contributed by atoms with Crippen LogP contribution in [-0.2, 0) is 0 Å². The van der Waals surface area contributed by atoms with Crippen molar-refractivity contribution in [1.82, 2.24) is 0 Å². The molecule has 0 aromatic heterocycles. The molecule has 2 rings (SSSR count). The quantitative estimate of drug-likeness (QED) is 0.338. The molecule has 1 N–H and O–H groups in total. The number of hydrogen-bond acceptors (Lipinski definition) is 4. The molecule has 0 bridgehead atoms. The summed E-state index contributed by atoms with van der Waals surface area (Å²) in [4.78, 5) is 10.8. The van der Waals surface area contributed by atoms with Crippen LogP contribution in [0, 0.1) is 0 Å². The van der Waals surface area contributed by atoms with E-state index < -0.39 is 73.1 Å². The summed E-state index contributed by atoms with van der Waals surface area (Å²) in [5, 5.41) is 2.16. The van der Waals surface area contributed by atoms with Gasteiger partial charge >= 0.3 is 16.5 Å². The Morgan fingerprint density at radius 1 is 0.667 bits per heavy atom. The SMILES string of the molecule is O=C(Nc1cccc(SC(F)(F)F)c1)c1cc(SC(F)(F)F)cc(SC(F)(F)F)c1. The van der Waals surface area contributed by atoms with E-state index in [1.807, 2.05) is 0 Å². The molecule has 164 valence electrons. The molecule has 2 aromatic rings. The van der Waals surface area contributed by atoms with Crippen LogP contribution < -0.4 is 5.32 Å². The molecule has 30 heavy (non-hydrogen) atoms. The Labute approximate surface area is 176 Å². The summed E-state index contributed by atoms with van der Waals surface area (Å²) in [6, 6.07) is 6.61. The molecule has 0 saturated carbocycles. The first-order chi connectivity index (χ1) is 13.6. The van der Waals surface area contributed by atoms with E-state index in [1.165, 1.54) is 12.1 Å². The van der Waals surface area contributed by atoms with Crippen LogP contribution in [0.4, 0.5) is 45.2 Å². The molecule has 0 atom stereocenters. The maximum Gasteiger partial charge on any atom is 0.446 e. The molecule has 0 spiro atoms. The van der Waals surface area contributed by atoms with Gasteiger partial charge in [0.1, 0.15) is 0 Å². The highest BCUT2D eigenvalue weighted by molar-refractivity contribution is 8.01. The zero-order chi connectivity index (χ0) is 22.7. The van der Waals surface area contributed by atoms with E-state index in [0.717, 1.165) is 24.3 Å². The number of carbonyl (C=O) groups is 1. The topological polar surface area (TPSA) is 29.1 Å². The fraction of sp³-hybridized carbons (Fsp3) is 0.188. The van der Waals surface area contributed by atoms with Crippen molar-refractivity contribution in [3.05, 3.63) is 48.0 Å². The third-order valence-corrected chi connectivity index (χ3v) is 5.06. The number of hydrogen-bond donors (Lipinski definition) is 1. The number of nitrogens with one attached hydrogen (secondary N) is 1. The fourth-order valence-electron chi connectivity index (χ4n) is 2.06. The molecule has 1 amide bonds. The van der Waals surface area contributed by atoms with E-state index in [2.05, 4.69) is 5.32 Å². The maximum absolute atomic E-state index is 12.6. The van der Waals surface area contributed by atoms with Gasteiger partial charge in [0.2, 0.25) is 0 Å².